The molecular weight excluding hydrogens is 448 g/mol. The summed E-state index contributed by atoms with van der Waals surface area (Å²) in [6.45, 7) is 0.290. The molecule has 0 aliphatic carbocycles. The second-order valence-corrected chi connectivity index (χ2v) is 8.08. The fourth-order valence-electron chi connectivity index (χ4n) is 3.07. The summed E-state index contributed by atoms with van der Waals surface area (Å²) in [6, 6.07) is 18.8. The van der Waals surface area contributed by atoms with E-state index < -0.39 is 5.91 Å². The van der Waals surface area contributed by atoms with Gasteiger partial charge in [0.2, 0.25) is 0 Å². The maximum Gasteiger partial charge on any atom is 0.293 e. The van der Waals surface area contributed by atoms with E-state index in [2.05, 4.69) is 0 Å². The fourth-order valence-corrected chi connectivity index (χ4v) is 3.93. The maximum atomic E-state index is 13.7. The molecule has 3 aromatic rings. The van der Waals surface area contributed by atoms with Crippen LogP contribution in [-0.4, -0.2) is 29.2 Å². The number of benzene rings is 3. The molecule has 3 aromatic carbocycles. The summed E-state index contributed by atoms with van der Waals surface area (Å²) in [7, 11) is 0. The lowest BCUT2D eigenvalue weighted by Gasteiger charge is -2.13. The van der Waals surface area contributed by atoms with Crippen LogP contribution in [0.15, 0.2) is 77.7 Å². The number of imide groups is 1. The summed E-state index contributed by atoms with van der Waals surface area (Å²) < 4.78 is 37.7. The normalized spacial score (nSPS) is 14.7. The van der Waals surface area contributed by atoms with E-state index in [9.17, 15) is 18.4 Å². The van der Waals surface area contributed by atoms with Gasteiger partial charge in [0.05, 0.1) is 11.4 Å². The number of rotatable bonds is 8. The molecule has 0 aromatic heterocycles. The standard InChI is InChI=1S/C25H19F2NO4S/c26-19-7-11-20(12-8-19)31-14-13-28-24(29)23(33-25(28)30)15-17-5-9-21(10-6-17)32-16-18-3-1-2-4-22(18)27/h1-12,15H,13-14,16H2/b23-15-. The molecule has 33 heavy (non-hydrogen) atoms. The molecule has 1 heterocycles. The molecule has 0 bridgehead atoms. The van der Waals surface area contributed by atoms with E-state index in [0.29, 0.717) is 22.0 Å². The monoisotopic (exact) mass is 467 g/mol. The van der Waals surface area contributed by atoms with E-state index in [1.807, 2.05) is 0 Å². The van der Waals surface area contributed by atoms with Crippen molar-refractivity contribution >= 4 is 29.0 Å². The van der Waals surface area contributed by atoms with E-state index >= 15 is 0 Å². The van der Waals surface area contributed by atoms with Crippen LogP contribution in [0.5, 0.6) is 11.5 Å². The zero-order chi connectivity index (χ0) is 23.2. The number of carbonyl (C=O) groups excluding carboxylic acids is 2. The number of amides is 2. The largest absolute Gasteiger partial charge is 0.492 e. The lowest BCUT2D eigenvalue weighted by molar-refractivity contribution is -0.123. The van der Waals surface area contributed by atoms with Gasteiger partial charge in [-0.1, -0.05) is 30.3 Å². The first-order valence-corrected chi connectivity index (χ1v) is 10.9. The minimum Gasteiger partial charge on any atom is -0.492 e. The molecule has 2 amide bonds. The van der Waals surface area contributed by atoms with Crippen molar-refractivity contribution < 1.29 is 27.8 Å². The zero-order valence-electron chi connectivity index (χ0n) is 17.4. The third-order valence-corrected chi connectivity index (χ3v) is 5.71. The van der Waals surface area contributed by atoms with Gasteiger partial charge in [0.1, 0.15) is 36.3 Å². The highest BCUT2D eigenvalue weighted by molar-refractivity contribution is 8.18. The number of nitrogens with zero attached hydrogens (tertiary/aromatic N) is 1. The van der Waals surface area contributed by atoms with Crippen molar-refractivity contribution in [2.75, 3.05) is 13.2 Å². The van der Waals surface area contributed by atoms with E-state index in [1.165, 1.54) is 30.3 Å². The summed E-state index contributed by atoms with van der Waals surface area (Å²) >= 11 is 0.859. The molecule has 0 atom stereocenters. The second kappa shape index (κ2) is 10.3. The van der Waals surface area contributed by atoms with Crippen LogP contribution < -0.4 is 9.47 Å². The van der Waals surface area contributed by atoms with Gasteiger partial charge in [0.15, 0.2) is 0 Å². The van der Waals surface area contributed by atoms with Crippen molar-refractivity contribution in [1.29, 1.82) is 0 Å². The Balaban J connectivity index is 1.32. The lowest BCUT2D eigenvalue weighted by Crippen LogP contribution is -2.32. The Morgan fingerprint density at radius 2 is 1.52 bits per heavy atom. The van der Waals surface area contributed by atoms with Gasteiger partial charge < -0.3 is 9.47 Å². The highest BCUT2D eigenvalue weighted by Gasteiger charge is 2.34. The van der Waals surface area contributed by atoms with Gasteiger partial charge in [-0.2, -0.15) is 0 Å². The molecule has 5 nitrogen and oxygen atoms in total. The van der Waals surface area contributed by atoms with Crippen LogP contribution in [0.2, 0.25) is 0 Å². The third kappa shape index (κ3) is 5.78. The Labute approximate surface area is 193 Å². The van der Waals surface area contributed by atoms with Crippen molar-refractivity contribution in [3.63, 3.8) is 0 Å². The summed E-state index contributed by atoms with van der Waals surface area (Å²) in [5, 5.41) is -0.376. The number of halogens is 2. The highest BCUT2D eigenvalue weighted by atomic mass is 32.2. The fraction of sp³-hybridized carbons (Fsp3) is 0.120. The van der Waals surface area contributed by atoms with Crippen molar-refractivity contribution in [3.05, 3.63) is 100 Å². The first-order valence-electron chi connectivity index (χ1n) is 10.1. The predicted molar refractivity (Wildman–Crippen MR) is 122 cm³/mol. The average molecular weight is 467 g/mol. The summed E-state index contributed by atoms with van der Waals surface area (Å²) in [4.78, 5) is 26.3. The van der Waals surface area contributed by atoms with E-state index in [4.69, 9.17) is 9.47 Å². The van der Waals surface area contributed by atoms with Gasteiger partial charge >= 0.3 is 0 Å². The minimum absolute atomic E-state index is 0.0855. The molecule has 1 aliphatic rings. The van der Waals surface area contributed by atoms with Crippen molar-refractivity contribution in [3.8, 4) is 11.5 Å². The number of thioether (sulfide) groups is 1. The Hall–Kier alpha value is -3.65. The number of hydrogen-bond donors (Lipinski definition) is 0. The second-order valence-electron chi connectivity index (χ2n) is 7.08. The summed E-state index contributed by atoms with van der Waals surface area (Å²) in [5.74, 6) is -0.0821. The molecule has 0 radical (unpaired) electrons. The number of carbonyl (C=O) groups is 2. The van der Waals surface area contributed by atoms with Crippen molar-refractivity contribution in [2.24, 2.45) is 0 Å². The molecule has 168 valence electrons. The van der Waals surface area contributed by atoms with Gasteiger partial charge in [-0.3, -0.25) is 14.5 Å². The molecule has 0 N–H and O–H groups in total. The van der Waals surface area contributed by atoms with Crippen LogP contribution >= 0.6 is 11.8 Å². The smallest absolute Gasteiger partial charge is 0.293 e. The Morgan fingerprint density at radius 1 is 0.848 bits per heavy atom. The van der Waals surface area contributed by atoms with Gasteiger partial charge in [-0.15, -0.1) is 0 Å². The number of hydrogen-bond acceptors (Lipinski definition) is 5. The predicted octanol–water partition coefficient (Wildman–Crippen LogP) is 5.66. The maximum absolute atomic E-state index is 13.7. The molecular formula is C25H19F2NO4S. The average Bonchev–Trinajstić information content (AvgIpc) is 3.08. The van der Waals surface area contributed by atoms with Crippen LogP contribution in [0.4, 0.5) is 13.6 Å². The first kappa shape index (κ1) is 22.5. The lowest BCUT2D eigenvalue weighted by atomic mass is 10.2. The van der Waals surface area contributed by atoms with Crippen LogP contribution in [0.1, 0.15) is 11.1 Å². The van der Waals surface area contributed by atoms with Crippen LogP contribution in [-0.2, 0) is 11.4 Å². The van der Waals surface area contributed by atoms with Gasteiger partial charge in [0.25, 0.3) is 11.1 Å². The van der Waals surface area contributed by atoms with Crippen LogP contribution in [0, 0.1) is 11.6 Å². The van der Waals surface area contributed by atoms with E-state index in [1.54, 1.807) is 48.5 Å². The van der Waals surface area contributed by atoms with Crippen molar-refractivity contribution in [1.82, 2.24) is 4.90 Å². The summed E-state index contributed by atoms with van der Waals surface area (Å²) in [5.41, 5.74) is 1.18. The van der Waals surface area contributed by atoms with Crippen LogP contribution in [0.3, 0.4) is 0 Å². The van der Waals surface area contributed by atoms with Crippen molar-refractivity contribution in [2.45, 2.75) is 6.61 Å². The molecule has 1 aliphatic heterocycles. The molecule has 1 saturated heterocycles. The first-order chi connectivity index (χ1) is 16.0. The van der Waals surface area contributed by atoms with Gasteiger partial charge in [-0.05, 0) is 65.9 Å². The van der Waals surface area contributed by atoms with Crippen LogP contribution in [0.25, 0.3) is 6.08 Å². The highest BCUT2D eigenvalue weighted by Crippen LogP contribution is 2.32. The zero-order valence-corrected chi connectivity index (χ0v) is 18.2. The topological polar surface area (TPSA) is 55.8 Å². The SMILES string of the molecule is O=C1S/C(=C\c2ccc(OCc3ccccc3F)cc2)C(=O)N1CCOc1ccc(F)cc1. The third-order valence-electron chi connectivity index (χ3n) is 4.80. The minimum atomic E-state index is -0.396. The Morgan fingerprint density at radius 3 is 2.24 bits per heavy atom. The van der Waals surface area contributed by atoms with Gasteiger partial charge in [-0.25, -0.2) is 8.78 Å². The van der Waals surface area contributed by atoms with E-state index in [0.717, 1.165) is 22.2 Å². The Kier molecular flexibility index (Phi) is 7.04. The van der Waals surface area contributed by atoms with E-state index in [-0.39, 0.29) is 36.6 Å². The molecule has 0 spiro atoms. The summed E-state index contributed by atoms with van der Waals surface area (Å²) in [6.07, 6.45) is 1.63. The number of ether oxygens (including phenoxy) is 2. The molecule has 1 fully saturated rings. The molecule has 4 rings (SSSR count). The molecule has 0 saturated carbocycles. The molecule has 8 heteroatoms. The molecule has 0 unspecified atom stereocenters. The van der Waals surface area contributed by atoms with Gasteiger partial charge in [0, 0.05) is 5.56 Å². The quantitative estimate of drug-likeness (QED) is 0.400. The Bertz CT molecular complexity index is 1180.